The Kier molecular flexibility index (Phi) is 5.59. The van der Waals surface area contributed by atoms with Gasteiger partial charge in [0.1, 0.15) is 5.75 Å². The number of anilines is 1. The van der Waals surface area contributed by atoms with Gasteiger partial charge >= 0.3 is 0 Å². The lowest BCUT2D eigenvalue weighted by atomic mass is 10.1. The minimum absolute atomic E-state index is 0.0687. The number of rotatable bonds is 7. The number of likely N-dealkylation sites (N-methyl/N-ethyl adjacent to an activating group) is 1. The highest BCUT2D eigenvalue weighted by atomic mass is 16.5. The van der Waals surface area contributed by atoms with Gasteiger partial charge in [-0.2, -0.15) is 0 Å². The van der Waals surface area contributed by atoms with Crippen LogP contribution >= 0.6 is 0 Å². The lowest BCUT2D eigenvalue weighted by Gasteiger charge is -2.23. The highest BCUT2D eigenvalue weighted by Gasteiger charge is 2.13. The molecule has 1 aliphatic heterocycles. The summed E-state index contributed by atoms with van der Waals surface area (Å²) < 4.78 is 5.51. The van der Waals surface area contributed by atoms with Crippen LogP contribution in [0.15, 0.2) is 42.5 Å². The monoisotopic (exact) mass is 338 g/mol. The lowest BCUT2D eigenvalue weighted by Crippen LogP contribution is -2.35. The SMILES string of the molecule is CCN(CCNC(=O)Cc1ccc2c(c1)CCO2)c1cccc(C)c1. The molecular formula is C21H26N2O2. The smallest absolute Gasteiger partial charge is 0.224 e. The van der Waals surface area contributed by atoms with Crippen molar-refractivity contribution in [2.75, 3.05) is 31.1 Å². The van der Waals surface area contributed by atoms with E-state index in [1.807, 2.05) is 12.1 Å². The predicted octanol–water partition coefficient (Wildman–Crippen LogP) is 3.12. The third-order valence-corrected chi connectivity index (χ3v) is 4.57. The van der Waals surface area contributed by atoms with Crippen molar-refractivity contribution < 1.29 is 9.53 Å². The summed E-state index contributed by atoms with van der Waals surface area (Å²) in [7, 11) is 0. The Hall–Kier alpha value is -2.49. The molecule has 1 heterocycles. The van der Waals surface area contributed by atoms with Gasteiger partial charge in [0.2, 0.25) is 5.91 Å². The first-order valence-corrected chi connectivity index (χ1v) is 8.98. The number of nitrogens with one attached hydrogen (secondary N) is 1. The number of nitrogens with zero attached hydrogens (tertiary/aromatic N) is 1. The molecule has 1 amide bonds. The average Bonchev–Trinajstić information content (AvgIpc) is 3.06. The van der Waals surface area contributed by atoms with Crippen molar-refractivity contribution in [2.45, 2.75) is 26.7 Å². The van der Waals surface area contributed by atoms with E-state index in [0.29, 0.717) is 13.0 Å². The van der Waals surface area contributed by atoms with E-state index in [-0.39, 0.29) is 5.91 Å². The maximum atomic E-state index is 12.2. The molecule has 0 spiro atoms. The molecule has 0 unspecified atom stereocenters. The molecule has 25 heavy (non-hydrogen) atoms. The number of fused-ring (bicyclic) bond motifs is 1. The number of hydrogen-bond donors (Lipinski definition) is 1. The molecule has 0 aromatic heterocycles. The summed E-state index contributed by atoms with van der Waals surface area (Å²) in [4.78, 5) is 14.5. The molecule has 3 rings (SSSR count). The molecule has 0 fully saturated rings. The molecule has 4 nitrogen and oxygen atoms in total. The fourth-order valence-corrected chi connectivity index (χ4v) is 3.22. The highest BCUT2D eigenvalue weighted by Crippen LogP contribution is 2.25. The topological polar surface area (TPSA) is 41.6 Å². The first-order chi connectivity index (χ1) is 12.2. The van der Waals surface area contributed by atoms with E-state index in [4.69, 9.17) is 4.74 Å². The van der Waals surface area contributed by atoms with Gasteiger partial charge in [0.15, 0.2) is 0 Å². The summed E-state index contributed by atoms with van der Waals surface area (Å²) in [6.07, 6.45) is 1.36. The Morgan fingerprint density at radius 1 is 1.24 bits per heavy atom. The zero-order valence-electron chi connectivity index (χ0n) is 15.0. The van der Waals surface area contributed by atoms with E-state index >= 15 is 0 Å². The van der Waals surface area contributed by atoms with Gasteiger partial charge in [-0.15, -0.1) is 0 Å². The predicted molar refractivity (Wildman–Crippen MR) is 101 cm³/mol. The number of carbonyl (C=O) groups is 1. The molecule has 0 atom stereocenters. The molecule has 0 bridgehead atoms. The summed E-state index contributed by atoms with van der Waals surface area (Å²) in [5.41, 5.74) is 4.71. The molecule has 0 aliphatic carbocycles. The number of ether oxygens (including phenoxy) is 1. The van der Waals surface area contributed by atoms with Crippen molar-refractivity contribution in [3.8, 4) is 5.75 Å². The highest BCUT2D eigenvalue weighted by molar-refractivity contribution is 5.78. The first-order valence-electron chi connectivity index (χ1n) is 8.98. The van der Waals surface area contributed by atoms with E-state index in [0.717, 1.165) is 37.4 Å². The fraction of sp³-hybridized carbons (Fsp3) is 0.381. The average molecular weight is 338 g/mol. The van der Waals surface area contributed by atoms with E-state index < -0.39 is 0 Å². The van der Waals surface area contributed by atoms with Crippen LogP contribution in [-0.2, 0) is 17.6 Å². The maximum Gasteiger partial charge on any atom is 0.224 e. The van der Waals surface area contributed by atoms with Crippen LogP contribution in [0.4, 0.5) is 5.69 Å². The van der Waals surface area contributed by atoms with Crippen molar-refractivity contribution in [3.63, 3.8) is 0 Å². The molecule has 0 saturated heterocycles. The standard InChI is InChI=1S/C21H26N2O2/c1-3-23(19-6-4-5-16(2)13-19)11-10-22-21(24)15-17-7-8-20-18(14-17)9-12-25-20/h4-8,13-14H,3,9-12,15H2,1-2H3,(H,22,24). The second-order valence-corrected chi connectivity index (χ2v) is 6.49. The van der Waals surface area contributed by atoms with Gasteiger partial charge in [-0.1, -0.05) is 24.3 Å². The first kappa shape index (κ1) is 17.3. The number of benzene rings is 2. The largest absolute Gasteiger partial charge is 0.493 e. The number of aryl methyl sites for hydroxylation is 1. The third kappa shape index (κ3) is 4.53. The summed E-state index contributed by atoms with van der Waals surface area (Å²) in [5, 5.41) is 3.04. The van der Waals surface area contributed by atoms with E-state index in [1.54, 1.807) is 0 Å². The minimum Gasteiger partial charge on any atom is -0.493 e. The Balaban J connectivity index is 1.48. The number of carbonyl (C=O) groups excluding carboxylic acids is 1. The molecular weight excluding hydrogens is 312 g/mol. The van der Waals surface area contributed by atoms with Crippen molar-refractivity contribution in [2.24, 2.45) is 0 Å². The van der Waals surface area contributed by atoms with E-state index in [2.05, 4.69) is 54.4 Å². The minimum atomic E-state index is 0.0687. The third-order valence-electron chi connectivity index (χ3n) is 4.57. The van der Waals surface area contributed by atoms with Gasteiger partial charge in [0, 0.05) is 31.7 Å². The van der Waals surface area contributed by atoms with Crippen LogP contribution in [0.25, 0.3) is 0 Å². The van der Waals surface area contributed by atoms with Crippen molar-refractivity contribution in [1.82, 2.24) is 5.32 Å². The summed E-state index contributed by atoms with van der Waals surface area (Å²) in [5.74, 6) is 1.03. The van der Waals surface area contributed by atoms with Gasteiger partial charge in [0.25, 0.3) is 0 Å². The van der Waals surface area contributed by atoms with E-state index in [1.165, 1.54) is 16.8 Å². The zero-order chi connectivity index (χ0) is 17.6. The van der Waals surface area contributed by atoms with E-state index in [9.17, 15) is 4.79 Å². The Labute approximate surface area is 149 Å². The van der Waals surface area contributed by atoms with Crippen molar-refractivity contribution in [3.05, 3.63) is 59.2 Å². The number of hydrogen-bond acceptors (Lipinski definition) is 3. The molecule has 0 radical (unpaired) electrons. The van der Waals surface area contributed by atoms with Crippen LogP contribution in [0.3, 0.4) is 0 Å². The fourth-order valence-electron chi connectivity index (χ4n) is 3.22. The molecule has 1 aliphatic rings. The molecule has 132 valence electrons. The Morgan fingerprint density at radius 3 is 2.92 bits per heavy atom. The molecule has 4 heteroatoms. The van der Waals surface area contributed by atoms with Crippen LogP contribution < -0.4 is 15.0 Å². The Morgan fingerprint density at radius 2 is 2.12 bits per heavy atom. The quantitative estimate of drug-likeness (QED) is 0.843. The second kappa shape index (κ2) is 8.06. The van der Waals surface area contributed by atoms with Crippen LogP contribution in [0.2, 0.25) is 0 Å². The van der Waals surface area contributed by atoms with Gasteiger partial charge in [0.05, 0.1) is 13.0 Å². The van der Waals surface area contributed by atoms with Crippen LogP contribution in [-0.4, -0.2) is 32.1 Å². The van der Waals surface area contributed by atoms with Crippen molar-refractivity contribution in [1.29, 1.82) is 0 Å². The van der Waals surface area contributed by atoms with Gasteiger partial charge in [-0.3, -0.25) is 4.79 Å². The van der Waals surface area contributed by atoms with Crippen LogP contribution in [0.1, 0.15) is 23.6 Å². The molecule has 1 N–H and O–H groups in total. The maximum absolute atomic E-state index is 12.2. The van der Waals surface area contributed by atoms with Crippen LogP contribution in [0, 0.1) is 6.92 Å². The zero-order valence-corrected chi connectivity index (χ0v) is 15.0. The van der Waals surface area contributed by atoms with Gasteiger partial charge in [-0.05, 0) is 48.7 Å². The molecule has 0 saturated carbocycles. The normalized spacial score (nSPS) is 12.4. The van der Waals surface area contributed by atoms with Crippen LogP contribution in [0.5, 0.6) is 5.75 Å². The number of amides is 1. The van der Waals surface area contributed by atoms with Gasteiger partial charge in [-0.25, -0.2) is 0 Å². The summed E-state index contributed by atoms with van der Waals surface area (Å²) in [6, 6.07) is 14.5. The van der Waals surface area contributed by atoms with Crippen molar-refractivity contribution >= 4 is 11.6 Å². The molecule has 2 aromatic rings. The lowest BCUT2D eigenvalue weighted by molar-refractivity contribution is -0.120. The molecule has 2 aromatic carbocycles. The van der Waals surface area contributed by atoms with Gasteiger partial charge < -0.3 is 15.0 Å². The summed E-state index contributed by atoms with van der Waals surface area (Å²) >= 11 is 0. The summed E-state index contributed by atoms with van der Waals surface area (Å²) in [6.45, 7) is 7.36. The second-order valence-electron chi connectivity index (χ2n) is 6.49. The Bertz CT molecular complexity index is 742.